The number of aromatic nitrogens is 2. The molecule has 0 unspecified atom stereocenters. The molecule has 1 aromatic rings. The summed E-state index contributed by atoms with van der Waals surface area (Å²) in [6.45, 7) is 4.32. The predicted octanol–water partition coefficient (Wildman–Crippen LogP) is 0.560. The number of likely N-dealkylation sites (tertiary alicyclic amines) is 1. The average molecular weight is 413 g/mol. The Labute approximate surface area is 165 Å². The number of piperidine rings is 1. The number of aryl methyl sites for hydroxylation is 1. The van der Waals surface area contributed by atoms with Gasteiger partial charge in [-0.2, -0.15) is 0 Å². The van der Waals surface area contributed by atoms with Crippen LogP contribution in [0, 0.1) is 13.8 Å². The highest BCUT2D eigenvalue weighted by atomic mass is 32.2. The lowest BCUT2D eigenvalue weighted by Gasteiger charge is -2.41. The molecular formula is C18H28N4O5S. The standard InChI is InChI=1S/C18H28N4O5S/c1-12-13(2)19-11-20-18(12)27-10-17(23)22-8-4-5-15(16(22)9-26-3)21-28(24,25)14-6-7-14/h11,14-16,21H,4-10H2,1-3H3/t15-,16-/m0/s1. The van der Waals surface area contributed by atoms with Crippen LogP contribution in [0.4, 0.5) is 0 Å². The molecule has 0 aromatic carbocycles. The normalized spacial score (nSPS) is 22.9. The molecule has 2 fully saturated rings. The summed E-state index contributed by atoms with van der Waals surface area (Å²) in [7, 11) is -1.80. The highest BCUT2D eigenvalue weighted by Crippen LogP contribution is 2.29. The van der Waals surface area contributed by atoms with Gasteiger partial charge in [-0.25, -0.2) is 23.1 Å². The Hall–Kier alpha value is -1.78. The molecule has 2 heterocycles. The van der Waals surface area contributed by atoms with Crippen molar-refractivity contribution >= 4 is 15.9 Å². The van der Waals surface area contributed by atoms with Gasteiger partial charge in [0.1, 0.15) is 6.33 Å². The molecule has 0 radical (unpaired) electrons. The number of amides is 1. The summed E-state index contributed by atoms with van der Waals surface area (Å²) < 4.78 is 38.5. The predicted molar refractivity (Wildman–Crippen MR) is 102 cm³/mol. The van der Waals surface area contributed by atoms with E-state index in [1.165, 1.54) is 6.33 Å². The second-order valence-corrected chi connectivity index (χ2v) is 9.39. The first kappa shape index (κ1) is 20.9. The molecule has 1 saturated carbocycles. The van der Waals surface area contributed by atoms with Gasteiger partial charge >= 0.3 is 0 Å². The molecule has 9 nitrogen and oxygen atoms in total. The fourth-order valence-electron chi connectivity index (χ4n) is 3.44. The number of rotatable bonds is 8. The molecule has 156 valence electrons. The van der Waals surface area contributed by atoms with Crippen LogP contribution in [0.2, 0.25) is 0 Å². The first-order chi connectivity index (χ1) is 13.3. The Kier molecular flexibility index (Phi) is 6.51. The molecule has 0 bridgehead atoms. The van der Waals surface area contributed by atoms with Crippen LogP contribution in [-0.4, -0.2) is 73.4 Å². The molecule has 2 atom stereocenters. The number of hydrogen-bond acceptors (Lipinski definition) is 7. The number of hydrogen-bond donors (Lipinski definition) is 1. The van der Waals surface area contributed by atoms with Crippen molar-refractivity contribution in [2.75, 3.05) is 26.9 Å². The second-order valence-electron chi connectivity index (χ2n) is 7.40. The molecule has 10 heteroatoms. The Balaban J connectivity index is 1.67. The number of ether oxygens (including phenoxy) is 2. The van der Waals surface area contributed by atoms with Crippen molar-refractivity contribution in [1.29, 1.82) is 0 Å². The minimum absolute atomic E-state index is 0.167. The molecule has 0 spiro atoms. The lowest BCUT2D eigenvalue weighted by atomic mass is 9.97. The van der Waals surface area contributed by atoms with Crippen LogP contribution in [0.3, 0.4) is 0 Å². The van der Waals surface area contributed by atoms with Crippen LogP contribution < -0.4 is 9.46 Å². The summed E-state index contributed by atoms with van der Waals surface area (Å²) in [5.41, 5.74) is 1.58. The maximum absolute atomic E-state index is 12.8. The van der Waals surface area contributed by atoms with Crippen molar-refractivity contribution in [2.45, 2.75) is 56.9 Å². The van der Waals surface area contributed by atoms with Gasteiger partial charge in [-0.05, 0) is 39.5 Å². The van der Waals surface area contributed by atoms with Gasteiger partial charge in [0.25, 0.3) is 5.91 Å². The van der Waals surface area contributed by atoms with E-state index in [-0.39, 0.29) is 36.5 Å². The van der Waals surface area contributed by atoms with E-state index < -0.39 is 10.0 Å². The summed E-state index contributed by atoms with van der Waals surface area (Å²) in [6, 6.07) is -0.720. The van der Waals surface area contributed by atoms with Crippen LogP contribution in [-0.2, 0) is 19.6 Å². The Bertz CT molecular complexity index is 812. The fourth-order valence-corrected chi connectivity index (χ4v) is 5.09. The van der Waals surface area contributed by atoms with Crippen molar-refractivity contribution < 1.29 is 22.7 Å². The maximum Gasteiger partial charge on any atom is 0.260 e. The van der Waals surface area contributed by atoms with E-state index in [1.54, 1.807) is 12.0 Å². The molecule has 1 N–H and O–H groups in total. The SMILES string of the molecule is COC[C@H]1[C@@H](NS(=O)(=O)C2CC2)CCCN1C(=O)COc1ncnc(C)c1C. The quantitative estimate of drug-likeness (QED) is 0.664. The van der Waals surface area contributed by atoms with Crippen molar-refractivity contribution in [3.63, 3.8) is 0 Å². The van der Waals surface area contributed by atoms with Crippen molar-refractivity contribution in [3.05, 3.63) is 17.6 Å². The zero-order valence-corrected chi connectivity index (χ0v) is 17.4. The van der Waals surface area contributed by atoms with E-state index >= 15 is 0 Å². The van der Waals surface area contributed by atoms with Crippen LogP contribution in [0.1, 0.15) is 36.9 Å². The number of methoxy groups -OCH3 is 1. The minimum atomic E-state index is -3.34. The number of nitrogens with zero attached hydrogens (tertiary/aromatic N) is 3. The zero-order chi connectivity index (χ0) is 20.3. The van der Waals surface area contributed by atoms with Crippen LogP contribution in [0.15, 0.2) is 6.33 Å². The third-order valence-corrected chi connectivity index (χ3v) is 7.32. The Morgan fingerprint density at radius 1 is 1.29 bits per heavy atom. The monoisotopic (exact) mass is 412 g/mol. The summed E-state index contributed by atoms with van der Waals surface area (Å²) in [5, 5.41) is -0.297. The Morgan fingerprint density at radius 2 is 2.04 bits per heavy atom. The van der Waals surface area contributed by atoms with E-state index in [0.29, 0.717) is 31.7 Å². The fraction of sp³-hybridized carbons (Fsp3) is 0.722. The molecule has 3 rings (SSSR count). The van der Waals surface area contributed by atoms with Gasteiger partial charge in [0.05, 0.1) is 17.9 Å². The highest BCUT2D eigenvalue weighted by Gasteiger charge is 2.41. The molecule has 1 saturated heterocycles. The van der Waals surface area contributed by atoms with Crippen molar-refractivity contribution in [2.24, 2.45) is 0 Å². The van der Waals surface area contributed by atoms with Gasteiger partial charge in [0.15, 0.2) is 6.61 Å². The third-order valence-electron chi connectivity index (χ3n) is 5.34. The van der Waals surface area contributed by atoms with Gasteiger partial charge in [0.2, 0.25) is 15.9 Å². The van der Waals surface area contributed by atoms with Crippen molar-refractivity contribution in [1.82, 2.24) is 19.6 Å². The van der Waals surface area contributed by atoms with E-state index in [1.807, 2.05) is 13.8 Å². The highest BCUT2D eigenvalue weighted by molar-refractivity contribution is 7.90. The number of carbonyl (C=O) groups excluding carboxylic acids is 1. The van der Waals surface area contributed by atoms with E-state index in [0.717, 1.165) is 17.7 Å². The lowest BCUT2D eigenvalue weighted by Crippen LogP contribution is -2.59. The van der Waals surface area contributed by atoms with E-state index in [4.69, 9.17) is 9.47 Å². The molecular weight excluding hydrogens is 384 g/mol. The number of carbonyl (C=O) groups is 1. The van der Waals surface area contributed by atoms with Gasteiger partial charge < -0.3 is 14.4 Å². The Morgan fingerprint density at radius 3 is 2.71 bits per heavy atom. The molecule has 2 aliphatic rings. The molecule has 1 amide bonds. The summed E-state index contributed by atoms with van der Waals surface area (Å²) in [5.74, 6) is 0.167. The van der Waals surface area contributed by atoms with Crippen molar-refractivity contribution in [3.8, 4) is 5.88 Å². The zero-order valence-electron chi connectivity index (χ0n) is 16.6. The summed E-state index contributed by atoms with van der Waals surface area (Å²) in [6.07, 6.45) is 4.19. The van der Waals surface area contributed by atoms with Gasteiger partial charge in [-0.3, -0.25) is 4.79 Å². The summed E-state index contributed by atoms with van der Waals surface area (Å²) in [4.78, 5) is 22.7. The first-order valence-corrected chi connectivity index (χ1v) is 11.1. The average Bonchev–Trinajstić information content (AvgIpc) is 3.50. The van der Waals surface area contributed by atoms with Gasteiger partial charge in [-0.1, -0.05) is 0 Å². The lowest BCUT2D eigenvalue weighted by molar-refractivity contribution is -0.139. The van der Waals surface area contributed by atoms with E-state index in [9.17, 15) is 13.2 Å². The smallest absolute Gasteiger partial charge is 0.260 e. The topological polar surface area (TPSA) is 111 Å². The third kappa shape index (κ3) is 4.79. The van der Waals surface area contributed by atoms with Gasteiger partial charge in [-0.15, -0.1) is 0 Å². The first-order valence-electron chi connectivity index (χ1n) is 9.54. The summed E-state index contributed by atoms with van der Waals surface area (Å²) >= 11 is 0. The molecule has 1 aliphatic carbocycles. The number of nitrogens with one attached hydrogen (secondary N) is 1. The van der Waals surface area contributed by atoms with Crippen LogP contribution in [0.25, 0.3) is 0 Å². The largest absolute Gasteiger partial charge is 0.467 e. The number of sulfonamides is 1. The van der Waals surface area contributed by atoms with E-state index in [2.05, 4.69) is 14.7 Å². The second kappa shape index (κ2) is 8.71. The maximum atomic E-state index is 12.8. The van der Waals surface area contributed by atoms with Crippen LogP contribution >= 0.6 is 0 Å². The molecule has 1 aliphatic heterocycles. The van der Waals surface area contributed by atoms with Gasteiger partial charge in [0, 0.05) is 31.0 Å². The van der Waals surface area contributed by atoms with Crippen LogP contribution in [0.5, 0.6) is 5.88 Å². The minimum Gasteiger partial charge on any atom is -0.467 e. The molecule has 1 aromatic heterocycles. The molecule has 28 heavy (non-hydrogen) atoms.